The van der Waals surface area contributed by atoms with Crippen molar-refractivity contribution in [2.45, 2.75) is 44.9 Å². The predicted octanol–water partition coefficient (Wildman–Crippen LogP) is 3.06. The number of thioether (sulfide) groups is 1. The summed E-state index contributed by atoms with van der Waals surface area (Å²) < 4.78 is 1.04. The van der Waals surface area contributed by atoms with E-state index in [1.54, 1.807) is 6.21 Å². The quantitative estimate of drug-likeness (QED) is 0.232. The van der Waals surface area contributed by atoms with Gasteiger partial charge in [0, 0.05) is 38.2 Å². The first-order valence-corrected chi connectivity index (χ1v) is 5.95. The van der Waals surface area contributed by atoms with E-state index in [1.165, 1.54) is 0 Å². The van der Waals surface area contributed by atoms with Crippen LogP contribution in [0.25, 0.3) is 0 Å². The van der Waals surface area contributed by atoms with Gasteiger partial charge in [-0.05, 0) is 0 Å². The predicted molar refractivity (Wildman–Crippen MR) is 66.2 cm³/mol. The van der Waals surface area contributed by atoms with Crippen LogP contribution in [-0.2, 0) is 0 Å². The topological polar surface area (TPSA) is 26.1 Å². The minimum Gasteiger partial charge on any atom is -0.624 e. The highest BCUT2D eigenvalue weighted by molar-refractivity contribution is 8.00. The molecular formula is C11H21NOS. The summed E-state index contributed by atoms with van der Waals surface area (Å²) in [6.45, 7) is 11.5. The average Bonchev–Trinajstić information content (AvgIpc) is 2.09. The second-order valence-electron chi connectivity index (χ2n) is 4.35. The molecule has 0 amide bonds. The van der Waals surface area contributed by atoms with Gasteiger partial charge in [-0.3, -0.25) is 0 Å². The molecule has 0 rings (SSSR count). The van der Waals surface area contributed by atoms with E-state index in [-0.39, 0.29) is 5.54 Å². The minimum absolute atomic E-state index is 0.317. The van der Waals surface area contributed by atoms with E-state index in [9.17, 15) is 5.21 Å². The highest BCUT2D eigenvalue weighted by atomic mass is 32.2. The summed E-state index contributed by atoms with van der Waals surface area (Å²) in [5.41, 5.74) is -0.317. The first kappa shape index (κ1) is 13.6. The van der Waals surface area contributed by atoms with Crippen LogP contribution in [0.1, 0.15) is 34.1 Å². The van der Waals surface area contributed by atoms with Crippen molar-refractivity contribution in [1.29, 1.82) is 0 Å². The zero-order valence-corrected chi connectivity index (χ0v) is 10.4. The SMILES string of the molecule is C=CCSC(C)C/C=[N+](\[O-])C(C)(C)C. The van der Waals surface area contributed by atoms with Gasteiger partial charge in [-0.15, -0.1) is 6.58 Å². The Balaban J connectivity index is 3.96. The fourth-order valence-corrected chi connectivity index (χ4v) is 1.51. The third-order valence-electron chi connectivity index (χ3n) is 1.76. The van der Waals surface area contributed by atoms with E-state index in [2.05, 4.69) is 13.5 Å². The van der Waals surface area contributed by atoms with Crippen molar-refractivity contribution in [2.75, 3.05) is 5.75 Å². The standard InChI is InChI=1S/C11H21NOS/c1-6-9-14-10(2)7-8-12(13)11(3,4)5/h6,8,10H,1,7,9H2,2-5H3/b12-8-. The highest BCUT2D eigenvalue weighted by Gasteiger charge is 2.17. The summed E-state index contributed by atoms with van der Waals surface area (Å²) in [5, 5.41) is 12.0. The molecule has 0 fully saturated rings. The second kappa shape index (κ2) is 6.12. The number of rotatable bonds is 5. The highest BCUT2D eigenvalue weighted by Crippen LogP contribution is 2.13. The molecule has 0 aromatic carbocycles. The third kappa shape index (κ3) is 6.08. The lowest BCUT2D eigenvalue weighted by molar-refractivity contribution is -0.532. The zero-order valence-electron chi connectivity index (χ0n) is 9.62. The van der Waals surface area contributed by atoms with Crippen LogP contribution in [0.5, 0.6) is 0 Å². The fraction of sp³-hybridized carbons (Fsp3) is 0.727. The minimum atomic E-state index is -0.317. The molecule has 14 heavy (non-hydrogen) atoms. The van der Waals surface area contributed by atoms with Gasteiger partial charge in [0.25, 0.3) is 0 Å². The lowest BCUT2D eigenvalue weighted by Crippen LogP contribution is -2.29. The molecule has 0 aliphatic carbocycles. The molecule has 1 unspecified atom stereocenters. The molecule has 1 atom stereocenters. The van der Waals surface area contributed by atoms with E-state index < -0.39 is 0 Å². The molecule has 0 heterocycles. The largest absolute Gasteiger partial charge is 0.624 e. The molecule has 0 bridgehead atoms. The molecule has 0 aromatic heterocycles. The second-order valence-corrected chi connectivity index (χ2v) is 5.82. The Morgan fingerprint density at radius 1 is 1.50 bits per heavy atom. The van der Waals surface area contributed by atoms with E-state index in [1.807, 2.05) is 38.6 Å². The summed E-state index contributed by atoms with van der Waals surface area (Å²) in [4.78, 5) is 0. The summed E-state index contributed by atoms with van der Waals surface area (Å²) in [6.07, 6.45) is 4.44. The van der Waals surface area contributed by atoms with E-state index in [0.717, 1.165) is 16.9 Å². The smallest absolute Gasteiger partial charge is 0.164 e. The van der Waals surface area contributed by atoms with Gasteiger partial charge in [0.2, 0.25) is 0 Å². The Kier molecular flexibility index (Phi) is 5.93. The molecular weight excluding hydrogens is 194 g/mol. The molecule has 0 aliphatic rings. The van der Waals surface area contributed by atoms with Crippen molar-refractivity contribution in [3.63, 3.8) is 0 Å². The van der Waals surface area contributed by atoms with Crippen LogP contribution in [0.2, 0.25) is 0 Å². The molecule has 0 saturated carbocycles. The molecule has 0 saturated heterocycles. The normalized spacial score (nSPS) is 15.3. The number of hydrogen-bond acceptors (Lipinski definition) is 2. The van der Waals surface area contributed by atoms with E-state index in [0.29, 0.717) is 5.25 Å². The summed E-state index contributed by atoms with van der Waals surface area (Å²) in [6, 6.07) is 0. The Morgan fingerprint density at radius 3 is 2.50 bits per heavy atom. The molecule has 0 aliphatic heterocycles. The Labute approximate surface area is 91.7 Å². The molecule has 82 valence electrons. The summed E-state index contributed by atoms with van der Waals surface area (Å²) in [5.74, 6) is 0.948. The van der Waals surface area contributed by atoms with Crippen molar-refractivity contribution in [3.05, 3.63) is 17.9 Å². The number of hydrogen-bond donors (Lipinski definition) is 0. The number of hydroxylamine groups is 1. The maximum atomic E-state index is 11.5. The maximum absolute atomic E-state index is 11.5. The fourth-order valence-electron chi connectivity index (χ4n) is 0.818. The van der Waals surface area contributed by atoms with Crippen LogP contribution in [0.4, 0.5) is 0 Å². The first-order valence-electron chi connectivity index (χ1n) is 4.90. The van der Waals surface area contributed by atoms with Gasteiger partial charge in [-0.1, -0.05) is 13.0 Å². The monoisotopic (exact) mass is 215 g/mol. The molecule has 3 heteroatoms. The van der Waals surface area contributed by atoms with Gasteiger partial charge in [0.15, 0.2) is 11.8 Å². The molecule has 0 aromatic rings. The van der Waals surface area contributed by atoms with Crippen LogP contribution >= 0.6 is 11.8 Å². The van der Waals surface area contributed by atoms with E-state index >= 15 is 0 Å². The Hall–Kier alpha value is -0.440. The van der Waals surface area contributed by atoms with Gasteiger partial charge in [-0.2, -0.15) is 11.8 Å². The van der Waals surface area contributed by atoms with E-state index in [4.69, 9.17) is 0 Å². The van der Waals surface area contributed by atoms with Crippen molar-refractivity contribution in [2.24, 2.45) is 0 Å². The van der Waals surface area contributed by atoms with Gasteiger partial charge >= 0.3 is 0 Å². The van der Waals surface area contributed by atoms with Crippen molar-refractivity contribution in [3.8, 4) is 0 Å². The van der Waals surface area contributed by atoms with Crippen molar-refractivity contribution in [1.82, 2.24) is 0 Å². The van der Waals surface area contributed by atoms with Crippen molar-refractivity contribution >= 4 is 18.0 Å². The van der Waals surface area contributed by atoms with Crippen molar-refractivity contribution < 1.29 is 4.74 Å². The zero-order chi connectivity index (χ0) is 11.2. The van der Waals surface area contributed by atoms with Crippen LogP contribution in [0.3, 0.4) is 0 Å². The Bertz CT molecular complexity index is 206. The summed E-state index contributed by atoms with van der Waals surface area (Å²) >= 11 is 1.81. The van der Waals surface area contributed by atoms with Gasteiger partial charge in [0.05, 0.1) is 0 Å². The lowest BCUT2D eigenvalue weighted by atomic mass is 10.1. The average molecular weight is 215 g/mol. The van der Waals surface area contributed by atoms with Crippen LogP contribution in [0.15, 0.2) is 12.7 Å². The molecule has 2 nitrogen and oxygen atoms in total. The molecule has 0 radical (unpaired) electrons. The Morgan fingerprint density at radius 2 is 2.07 bits per heavy atom. The van der Waals surface area contributed by atoms with Gasteiger partial charge < -0.3 is 5.21 Å². The lowest BCUT2D eigenvalue weighted by Gasteiger charge is -2.19. The summed E-state index contributed by atoms with van der Waals surface area (Å²) in [7, 11) is 0. The maximum Gasteiger partial charge on any atom is 0.164 e. The van der Waals surface area contributed by atoms with Crippen LogP contribution in [0, 0.1) is 5.21 Å². The van der Waals surface area contributed by atoms with Gasteiger partial charge in [-0.25, -0.2) is 4.74 Å². The van der Waals surface area contributed by atoms with Crippen LogP contribution < -0.4 is 0 Å². The molecule has 0 spiro atoms. The van der Waals surface area contributed by atoms with Gasteiger partial charge in [0.1, 0.15) is 0 Å². The first-order chi connectivity index (χ1) is 6.38. The number of nitrogens with zero attached hydrogens (tertiary/aromatic N) is 1. The third-order valence-corrected chi connectivity index (χ3v) is 2.95. The van der Waals surface area contributed by atoms with Crippen LogP contribution in [-0.4, -0.2) is 27.5 Å². The molecule has 0 N–H and O–H groups in total.